The molecule has 0 spiro atoms. The molecule has 3 atom stereocenters. The van der Waals surface area contributed by atoms with Gasteiger partial charge in [-0.25, -0.2) is 4.79 Å². The van der Waals surface area contributed by atoms with Gasteiger partial charge in [-0.15, -0.1) is 0 Å². The summed E-state index contributed by atoms with van der Waals surface area (Å²) in [4.78, 5) is 46.2. The number of nitro groups is 1. The van der Waals surface area contributed by atoms with Crippen LogP contribution in [0.4, 0.5) is 10.5 Å². The topological polar surface area (TPSA) is 142 Å². The van der Waals surface area contributed by atoms with E-state index in [2.05, 4.69) is 25.9 Å². The summed E-state index contributed by atoms with van der Waals surface area (Å²) in [5, 5.41) is 21.2. The summed E-state index contributed by atoms with van der Waals surface area (Å²) in [6.07, 6.45) is 9.28. The van der Waals surface area contributed by atoms with Crippen LogP contribution in [0.3, 0.4) is 0 Å². The smallest absolute Gasteiger partial charge is 0.316 e. The maximum Gasteiger partial charge on any atom is 0.316 e. The largest absolute Gasteiger partial charge is 0.361 e. The van der Waals surface area contributed by atoms with Gasteiger partial charge in [-0.3, -0.25) is 19.9 Å². The minimum atomic E-state index is -1.31. The molecule has 0 saturated heterocycles. The zero-order valence-corrected chi connectivity index (χ0v) is 24.5. The third-order valence-corrected chi connectivity index (χ3v) is 8.48. The number of nitro benzene ring substituents is 1. The van der Waals surface area contributed by atoms with E-state index in [9.17, 15) is 19.7 Å². The van der Waals surface area contributed by atoms with E-state index in [-0.39, 0.29) is 30.0 Å². The van der Waals surface area contributed by atoms with Gasteiger partial charge in [-0.05, 0) is 61.9 Å². The van der Waals surface area contributed by atoms with Crippen molar-refractivity contribution in [1.29, 1.82) is 0 Å². The lowest BCUT2D eigenvalue weighted by Crippen LogP contribution is -2.61. The van der Waals surface area contributed by atoms with E-state index >= 15 is 0 Å². The van der Waals surface area contributed by atoms with Crippen LogP contribution in [0.2, 0.25) is 0 Å². The van der Waals surface area contributed by atoms with Gasteiger partial charge in [0.25, 0.3) is 5.69 Å². The van der Waals surface area contributed by atoms with Crippen LogP contribution in [0, 0.1) is 16.0 Å². The van der Waals surface area contributed by atoms with Gasteiger partial charge in [0.15, 0.2) is 0 Å². The fraction of sp³-hybridized carbons (Fsp3) is 0.364. The molecule has 2 aromatic heterocycles. The van der Waals surface area contributed by atoms with E-state index in [0.717, 1.165) is 47.8 Å². The number of aromatic amines is 1. The number of carbonyl (C=O) groups excluding carboxylic acids is 2. The molecule has 1 aliphatic carbocycles. The lowest BCUT2D eigenvalue weighted by atomic mass is 9.81. The van der Waals surface area contributed by atoms with E-state index in [1.54, 1.807) is 32.2 Å². The fourth-order valence-electron chi connectivity index (χ4n) is 6.05. The van der Waals surface area contributed by atoms with Crippen molar-refractivity contribution in [3.8, 4) is 0 Å². The number of nitrogens with one attached hydrogen (secondary N) is 4. The van der Waals surface area contributed by atoms with Gasteiger partial charge in [-0.2, -0.15) is 0 Å². The quantitative estimate of drug-likeness (QED) is 0.129. The Morgan fingerprint density at radius 1 is 1.02 bits per heavy atom. The second-order valence-corrected chi connectivity index (χ2v) is 11.6. The molecule has 4 aromatic rings. The molecule has 2 heterocycles. The predicted molar refractivity (Wildman–Crippen MR) is 165 cm³/mol. The Hall–Kier alpha value is -4.73. The molecular formula is C33H38N6O4. The molecule has 0 radical (unpaired) electrons. The van der Waals surface area contributed by atoms with Gasteiger partial charge in [0.2, 0.25) is 5.91 Å². The normalized spacial score (nSPS) is 16.5. The van der Waals surface area contributed by atoms with Gasteiger partial charge < -0.3 is 20.9 Å². The van der Waals surface area contributed by atoms with E-state index in [0.29, 0.717) is 5.56 Å². The Bertz CT molecular complexity index is 1570. The molecule has 43 heavy (non-hydrogen) atoms. The van der Waals surface area contributed by atoms with Crippen molar-refractivity contribution in [3.05, 3.63) is 106 Å². The maximum atomic E-state index is 14.3. The molecule has 1 aliphatic rings. The second-order valence-electron chi connectivity index (χ2n) is 11.6. The summed E-state index contributed by atoms with van der Waals surface area (Å²) in [7, 11) is 0. The molecule has 3 unspecified atom stereocenters. The van der Waals surface area contributed by atoms with Gasteiger partial charge in [0.05, 0.1) is 22.7 Å². The second kappa shape index (κ2) is 13.1. The minimum Gasteiger partial charge on any atom is -0.361 e. The van der Waals surface area contributed by atoms with Crippen molar-refractivity contribution in [2.75, 3.05) is 0 Å². The number of aromatic nitrogens is 2. The number of rotatable bonds is 10. The van der Waals surface area contributed by atoms with Crippen molar-refractivity contribution < 1.29 is 14.5 Å². The monoisotopic (exact) mass is 582 g/mol. The Kier molecular flexibility index (Phi) is 9.04. The number of non-ortho nitro benzene ring substituents is 1. The lowest BCUT2D eigenvalue weighted by Gasteiger charge is -2.35. The first-order valence-electron chi connectivity index (χ1n) is 14.8. The predicted octanol–water partition coefficient (Wildman–Crippen LogP) is 6.27. The summed E-state index contributed by atoms with van der Waals surface area (Å²) >= 11 is 0. The third kappa shape index (κ3) is 7.02. The van der Waals surface area contributed by atoms with Gasteiger partial charge in [0.1, 0.15) is 5.54 Å². The number of fused-ring (bicyclic) bond motifs is 1. The average Bonchev–Trinajstić information content (AvgIpc) is 3.42. The molecule has 5 rings (SSSR count). The maximum absolute atomic E-state index is 14.3. The first-order chi connectivity index (χ1) is 20.7. The van der Waals surface area contributed by atoms with Crippen molar-refractivity contribution in [1.82, 2.24) is 25.9 Å². The summed E-state index contributed by atoms with van der Waals surface area (Å²) in [6, 6.07) is 18.4. The molecule has 4 N–H and O–H groups in total. The highest BCUT2D eigenvalue weighted by Gasteiger charge is 2.39. The number of urea groups is 1. The minimum absolute atomic E-state index is 0.0243. The molecular weight excluding hydrogens is 544 g/mol. The molecule has 3 amide bonds. The van der Waals surface area contributed by atoms with Gasteiger partial charge >= 0.3 is 6.03 Å². The first-order valence-corrected chi connectivity index (χ1v) is 14.8. The number of benzene rings is 2. The molecule has 0 aliphatic heterocycles. The average molecular weight is 583 g/mol. The molecule has 10 nitrogen and oxygen atoms in total. The lowest BCUT2D eigenvalue weighted by molar-refractivity contribution is -0.384. The number of carbonyl (C=O) groups is 2. The highest BCUT2D eigenvalue weighted by Crippen LogP contribution is 2.34. The van der Waals surface area contributed by atoms with Crippen molar-refractivity contribution in [3.63, 3.8) is 0 Å². The molecule has 1 fully saturated rings. The Morgan fingerprint density at radius 3 is 2.44 bits per heavy atom. The van der Waals surface area contributed by atoms with Crippen LogP contribution in [0.1, 0.15) is 74.9 Å². The summed E-state index contributed by atoms with van der Waals surface area (Å²) in [6.45, 7) is 3.54. The van der Waals surface area contributed by atoms with Crippen LogP contribution in [0.5, 0.6) is 0 Å². The highest BCUT2D eigenvalue weighted by atomic mass is 16.6. The van der Waals surface area contributed by atoms with Crippen LogP contribution < -0.4 is 16.0 Å². The number of hydrogen-bond donors (Lipinski definition) is 4. The van der Waals surface area contributed by atoms with Crippen LogP contribution in [0.15, 0.2) is 79.1 Å². The Balaban J connectivity index is 1.40. The van der Waals surface area contributed by atoms with Crippen LogP contribution in [-0.4, -0.2) is 32.4 Å². The standard InChI is InChI=1S/C33H38N6O4/c1-22(23-15-17-26(18-16-23)39(42)43)36-32(41)38-33(2,20-25-21-35-28-13-7-6-12-27(25)28)31(40)37-30(24-10-4-3-5-11-24)29-14-8-9-19-34-29/h6-9,12-19,21-22,24,30,35H,3-5,10-11,20H2,1-2H3,(H,37,40)(H2,36,38,41). The Morgan fingerprint density at radius 2 is 1.74 bits per heavy atom. The Labute approximate surface area is 250 Å². The fourth-order valence-corrected chi connectivity index (χ4v) is 6.05. The molecule has 2 aromatic carbocycles. The van der Waals surface area contributed by atoms with Crippen LogP contribution in [-0.2, 0) is 11.2 Å². The summed E-state index contributed by atoms with van der Waals surface area (Å²) < 4.78 is 0. The molecule has 10 heteroatoms. The van der Waals surface area contributed by atoms with Crippen LogP contribution in [0.25, 0.3) is 10.9 Å². The van der Waals surface area contributed by atoms with Crippen molar-refractivity contribution in [2.24, 2.45) is 5.92 Å². The summed E-state index contributed by atoms with van der Waals surface area (Å²) in [5.74, 6) is -0.0435. The molecule has 224 valence electrons. The number of amides is 3. The van der Waals surface area contributed by atoms with Gasteiger partial charge in [0, 0.05) is 41.9 Å². The molecule has 1 saturated carbocycles. The number of nitrogens with zero attached hydrogens (tertiary/aromatic N) is 2. The number of para-hydroxylation sites is 1. The highest BCUT2D eigenvalue weighted by molar-refractivity contribution is 5.92. The zero-order chi connectivity index (χ0) is 30.4. The zero-order valence-electron chi connectivity index (χ0n) is 24.5. The first kappa shape index (κ1) is 29.8. The SMILES string of the molecule is CC(NC(=O)NC(C)(Cc1c[nH]c2ccccc12)C(=O)NC(c1ccccn1)C1CCCCC1)c1ccc([N+](=O)[O-])cc1. The number of hydrogen-bond acceptors (Lipinski definition) is 5. The number of H-pyrrole nitrogens is 1. The molecule has 0 bridgehead atoms. The summed E-state index contributed by atoms with van der Waals surface area (Å²) in [5.41, 5.74) is 2.04. The van der Waals surface area contributed by atoms with E-state index < -0.39 is 22.5 Å². The van der Waals surface area contributed by atoms with E-state index in [1.165, 1.54) is 18.6 Å². The van der Waals surface area contributed by atoms with E-state index in [4.69, 9.17) is 0 Å². The number of pyridine rings is 1. The van der Waals surface area contributed by atoms with Crippen molar-refractivity contribution >= 4 is 28.5 Å². The van der Waals surface area contributed by atoms with Gasteiger partial charge in [-0.1, -0.05) is 55.7 Å². The van der Waals surface area contributed by atoms with Crippen LogP contribution >= 0.6 is 0 Å². The van der Waals surface area contributed by atoms with Crippen molar-refractivity contribution in [2.45, 2.75) is 70.0 Å². The third-order valence-electron chi connectivity index (χ3n) is 8.48. The van der Waals surface area contributed by atoms with E-state index in [1.807, 2.05) is 48.7 Å².